The van der Waals surface area contributed by atoms with E-state index in [2.05, 4.69) is 6.07 Å². The van der Waals surface area contributed by atoms with E-state index in [1.165, 1.54) is 14.2 Å². The lowest BCUT2D eigenvalue weighted by Gasteiger charge is -2.33. The van der Waals surface area contributed by atoms with Crippen LogP contribution in [0.1, 0.15) is 36.0 Å². The molecule has 1 aliphatic heterocycles. The lowest BCUT2D eigenvalue weighted by Crippen LogP contribution is -2.29. The maximum absolute atomic E-state index is 13.2. The van der Waals surface area contributed by atoms with Gasteiger partial charge in [-0.15, -0.1) is 0 Å². The van der Waals surface area contributed by atoms with Crippen LogP contribution in [0.3, 0.4) is 0 Å². The minimum Gasteiger partial charge on any atom is -0.502 e. The Balaban J connectivity index is 1.86. The van der Waals surface area contributed by atoms with E-state index in [0.29, 0.717) is 29.1 Å². The third-order valence-corrected chi connectivity index (χ3v) is 5.44. The number of nitrogens with two attached hydrogens (primary N) is 1. The van der Waals surface area contributed by atoms with Crippen molar-refractivity contribution in [2.75, 3.05) is 14.2 Å². The van der Waals surface area contributed by atoms with E-state index in [9.17, 15) is 15.2 Å². The fourth-order valence-electron chi connectivity index (χ4n) is 4.05. The van der Waals surface area contributed by atoms with Gasteiger partial charge in [0, 0.05) is 24.3 Å². The molecule has 0 amide bonds. The zero-order chi connectivity index (χ0) is 21.4. The SMILES string of the molecule is COc1cc(C2C(C#N)=C(N)OC3=C2C(=O)CC(c2ccco2)C3)cc(OC)c1O. The highest BCUT2D eigenvalue weighted by molar-refractivity contribution is 6.00. The van der Waals surface area contributed by atoms with Gasteiger partial charge in [0.25, 0.3) is 0 Å². The number of aromatic hydroxyl groups is 1. The van der Waals surface area contributed by atoms with Crippen molar-refractivity contribution in [2.24, 2.45) is 5.73 Å². The quantitative estimate of drug-likeness (QED) is 0.789. The molecule has 0 saturated heterocycles. The van der Waals surface area contributed by atoms with Crippen molar-refractivity contribution in [2.45, 2.75) is 24.7 Å². The summed E-state index contributed by atoms with van der Waals surface area (Å²) >= 11 is 0. The molecule has 8 nitrogen and oxygen atoms in total. The summed E-state index contributed by atoms with van der Waals surface area (Å²) in [5.41, 5.74) is 7.08. The molecule has 2 heterocycles. The number of carbonyl (C=O) groups is 1. The van der Waals surface area contributed by atoms with Crippen molar-refractivity contribution in [1.82, 2.24) is 0 Å². The van der Waals surface area contributed by atoms with E-state index in [1.54, 1.807) is 24.5 Å². The van der Waals surface area contributed by atoms with Crippen LogP contribution in [-0.2, 0) is 9.53 Å². The van der Waals surface area contributed by atoms with Gasteiger partial charge in [-0.3, -0.25) is 4.79 Å². The number of nitrogens with zero attached hydrogens (tertiary/aromatic N) is 1. The van der Waals surface area contributed by atoms with Crippen molar-refractivity contribution in [3.05, 3.63) is 64.6 Å². The highest BCUT2D eigenvalue weighted by Gasteiger charge is 2.42. The average Bonchev–Trinajstić information content (AvgIpc) is 3.28. The van der Waals surface area contributed by atoms with Gasteiger partial charge in [0.1, 0.15) is 23.2 Å². The van der Waals surface area contributed by atoms with Gasteiger partial charge in [0.2, 0.25) is 11.6 Å². The summed E-state index contributed by atoms with van der Waals surface area (Å²) in [7, 11) is 2.81. The van der Waals surface area contributed by atoms with E-state index < -0.39 is 5.92 Å². The molecule has 3 N–H and O–H groups in total. The predicted octanol–water partition coefficient (Wildman–Crippen LogP) is 3.21. The summed E-state index contributed by atoms with van der Waals surface area (Å²) in [5, 5.41) is 20.0. The number of benzene rings is 1. The second-order valence-electron chi connectivity index (χ2n) is 7.08. The number of hydrogen-bond acceptors (Lipinski definition) is 8. The first-order valence-electron chi connectivity index (χ1n) is 9.30. The maximum Gasteiger partial charge on any atom is 0.205 e. The molecule has 2 aromatic rings. The second kappa shape index (κ2) is 7.52. The zero-order valence-electron chi connectivity index (χ0n) is 16.5. The summed E-state index contributed by atoms with van der Waals surface area (Å²) < 4.78 is 21.7. The lowest BCUT2D eigenvalue weighted by atomic mass is 9.74. The number of phenolic OH excluding ortho intramolecular Hbond substituents is 1. The van der Waals surface area contributed by atoms with Gasteiger partial charge < -0.3 is 29.5 Å². The number of furan rings is 1. The van der Waals surface area contributed by atoms with Crippen molar-refractivity contribution in [3.63, 3.8) is 0 Å². The molecule has 1 aromatic carbocycles. The molecular weight excluding hydrogens is 388 g/mol. The molecule has 2 unspecified atom stereocenters. The van der Waals surface area contributed by atoms with E-state index in [1.807, 2.05) is 6.07 Å². The molecule has 1 aromatic heterocycles. The number of Topliss-reactive ketones (excluding diaryl/α,β-unsaturated/α-hetero) is 1. The first-order valence-corrected chi connectivity index (χ1v) is 9.30. The topological polar surface area (TPSA) is 128 Å². The molecule has 0 bridgehead atoms. The minimum absolute atomic E-state index is 0.0554. The third-order valence-electron chi connectivity index (χ3n) is 5.44. The maximum atomic E-state index is 13.2. The van der Waals surface area contributed by atoms with Crippen LogP contribution in [0.2, 0.25) is 0 Å². The standard InChI is InChI=1S/C22H20N2O6/c1-27-17-8-12(9-18(28-2)21(17)26)19-13(10-23)22(24)30-16-7-11(6-14(25)20(16)19)15-4-3-5-29-15/h3-5,8-9,11,19,26H,6-7,24H2,1-2H3. The van der Waals surface area contributed by atoms with E-state index in [0.717, 1.165) is 0 Å². The number of hydrogen-bond donors (Lipinski definition) is 2. The van der Waals surface area contributed by atoms with Crippen LogP contribution in [0, 0.1) is 11.3 Å². The normalized spacial score (nSPS) is 21.0. The number of ether oxygens (including phenoxy) is 3. The summed E-state index contributed by atoms with van der Waals surface area (Å²) in [6.07, 6.45) is 2.19. The third kappa shape index (κ3) is 3.05. The summed E-state index contributed by atoms with van der Waals surface area (Å²) in [6, 6.07) is 8.78. The van der Waals surface area contributed by atoms with Crippen LogP contribution >= 0.6 is 0 Å². The van der Waals surface area contributed by atoms with E-state index in [-0.39, 0.29) is 46.8 Å². The lowest BCUT2D eigenvalue weighted by molar-refractivity contribution is -0.117. The van der Waals surface area contributed by atoms with Gasteiger partial charge in [-0.2, -0.15) is 5.26 Å². The zero-order valence-corrected chi connectivity index (χ0v) is 16.5. The second-order valence-corrected chi connectivity index (χ2v) is 7.08. The molecule has 1 aliphatic carbocycles. The Morgan fingerprint density at radius 2 is 1.93 bits per heavy atom. The first-order chi connectivity index (χ1) is 14.5. The molecule has 8 heteroatoms. The van der Waals surface area contributed by atoms with E-state index in [4.69, 9.17) is 24.4 Å². The molecular formula is C22H20N2O6. The Bertz CT molecular complexity index is 1080. The number of nitriles is 1. The molecule has 30 heavy (non-hydrogen) atoms. The highest BCUT2D eigenvalue weighted by atomic mass is 16.5. The van der Waals surface area contributed by atoms with Crippen molar-refractivity contribution in [3.8, 4) is 23.3 Å². The highest BCUT2D eigenvalue weighted by Crippen LogP contribution is 2.49. The monoisotopic (exact) mass is 408 g/mol. The molecule has 0 saturated carbocycles. The molecule has 0 spiro atoms. The smallest absolute Gasteiger partial charge is 0.205 e. The molecule has 4 rings (SSSR count). The van der Waals surface area contributed by atoms with Crippen molar-refractivity contribution >= 4 is 5.78 Å². The first kappa shape index (κ1) is 19.5. The number of methoxy groups -OCH3 is 2. The minimum atomic E-state index is -0.757. The number of phenols is 1. The van der Waals surface area contributed by atoms with Gasteiger partial charge in [-0.05, 0) is 29.8 Å². The van der Waals surface area contributed by atoms with E-state index >= 15 is 0 Å². The molecule has 0 fully saturated rings. The summed E-state index contributed by atoms with van der Waals surface area (Å²) in [5.74, 6) is 0.106. The fraction of sp³-hybridized carbons (Fsp3) is 0.273. The molecule has 154 valence electrons. The van der Waals surface area contributed by atoms with Crippen LogP contribution in [-0.4, -0.2) is 25.1 Å². The van der Waals surface area contributed by atoms with Gasteiger partial charge in [0.15, 0.2) is 17.3 Å². The molecule has 0 radical (unpaired) electrons. The Hall–Kier alpha value is -3.86. The van der Waals surface area contributed by atoms with Crippen molar-refractivity contribution < 1.29 is 28.5 Å². The van der Waals surface area contributed by atoms with Crippen LogP contribution in [0.15, 0.2) is 57.7 Å². The Morgan fingerprint density at radius 3 is 2.50 bits per heavy atom. The number of allylic oxidation sites excluding steroid dienone is 3. The molecule has 2 atom stereocenters. The van der Waals surface area contributed by atoms with Crippen LogP contribution in [0.25, 0.3) is 0 Å². The number of carbonyl (C=O) groups excluding carboxylic acids is 1. The van der Waals surface area contributed by atoms with Gasteiger partial charge in [-0.1, -0.05) is 0 Å². The molecule has 2 aliphatic rings. The van der Waals surface area contributed by atoms with Crippen LogP contribution in [0.4, 0.5) is 0 Å². The Kier molecular flexibility index (Phi) is 4.88. The number of ketones is 1. The van der Waals surface area contributed by atoms with Gasteiger partial charge >= 0.3 is 0 Å². The number of rotatable bonds is 4. The Morgan fingerprint density at radius 1 is 1.23 bits per heavy atom. The van der Waals surface area contributed by atoms with Gasteiger partial charge in [0.05, 0.1) is 26.4 Å². The summed E-state index contributed by atoms with van der Waals surface area (Å²) in [6.45, 7) is 0. The van der Waals surface area contributed by atoms with Crippen LogP contribution < -0.4 is 15.2 Å². The average molecular weight is 408 g/mol. The fourth-order valence-corrected chi connectivity index (χ4v) is 4.05. The van der Waals surface area contributed by atoms with Crippen molar-refractivity contribution in [1.29, 1.82) is 5.26 Å². The Labute approximate surface area is 172 Å². The largest absolute Gasteiger partial charge is 0.502 e. The predicted molar refractivity (Wildman–Crippen MR) is 105 cm³/mol. The summed E-state index contributed by atoms with van der Waals surface area (Å²) in [4.78, 5) is 13.2. The van der Waals surface area contributed by atoms with Crippen LogP contribution in [0.5, 0.6) is 17.2 Å². The van der Waals surface area contributed by atoms with Gasteiger partial charge in [-0.25, -0.2) is 0 Å².